The quantitative estimate of drug-likeness (QED) is 0.726. The van der Waals surface area contributed by atoms with Crippen molar-refractivity contribution in [1.82, 2.24) is 9.21 Å². The van der Waals surface area contributed by atoms with Gasteiger partial charge in [-0.1, -0.05) is 18.2 Å². The van der Waals surface area contributed by atoms with Gasteiger partial charge in [0, 0.05) is 27.2 Å². The molecule has 0 spiro atoms. The lowest BCUT2D eigenvalue weighted by atomic mass is 10.1. The van der Waals surface area contributed by atoms with E-state index >= 15 is 0 Å². The van der Waals surface area contributed by atoms with Gasteiger partial charge in [-0.2, -0.15) is 0 Å². The predicted octanol–water partition coefficient (Wildman–Crippen LogP) is 2.28. The highest BCUT2D eigenvalue weighted by Crippen LogP contribution is 2.27. The zero-order chi connectivity index (χ0) is 22.1. The Morgan fingerprint density at radius 1 is 0.967 bits per heavy atom. The van der Waals surface area contributed by atoms with Crippen molar-refractivity contribution >= 4 is 31.6 Å². The average molecular weight is 452 g/mol. The second-order valence-corrected chi connectivity index (χ2v) is 11.2. The van der Waals surface area contributed by atoms with Gasteiger partial charge in [0.05, 0.1) is 21.0 Å². The molecule has 0 saturated carbocycles. The molecule has 8 nitrogen and oxygen atoms in total. The lowest BCUT2D eigenvalue weighted by Crippen LogP contribution is -2.29. The van der Waals surface area contributed by atoms with Gasteiger partial charge in [-0.3, -0.25) is 9.52 Å². The van der Waals surface area contributed by atoms with Gasteiger partial charge in [0.2, 0.25) is 10.0 Å². The number of likely N-dealkylation sites (tertiary alicyclic amines) is 1. The van der Waals surface area contributed by atoms with E-state index in [1.54, 1.807) is 30.0 Å². The molecule has 1 aliphatic rings. The van der Waals surface area contributed by atoms with E-state index in [0.717, 1.165) is 23.2 Å². The van der Waals surface area contributed by atoms with Crippen LogP contribution >= 0.6 is 0 Å². The van der Waals surface area contributed by atoms with Gasteiger partial charge in [-0.15, -0.1) is 0 Å². The molecule has 162 valence electrons. The number of carbonyl (C=O) groups is 1. The average Bonchev–Trinajstić information content (AvgIpc) is 3.24. The third kappa shape index (κ3) is 4.35. The van der Waals surface area contributed by atoms with Crippen LogP contribution in [0, 0.1) is 6.92 Å². The molecular weight excluding hydrogens is 426 g/mol. The summed E-state index contributed by atoms with van der Waals surface area (Å²) in [5, 5.41) is 0. The molecule has 0 unspecified atom stereocenters. The van der Waals surface area contributed by atoms with Crippen LogP contribution < -0.4 is 4.72 Å². The molecule has 0 atom stereocenters. The first-order valence-electron chi connectivity index (χ1n) is 9.48. The third-order valence-electron chi connectivity index (χ3n) is 5.03. The molecule has 1 amide bonds. The van der Waals surface area contributed by atoms with E-state index in [4.69, 9.17) is 0 Å². The minimum absolute atomic E-state index is 0.131. The van der Waals surface area contributed by atoms with Crippen LogP contribution in [0.15, 0.2) is 52.3 Å². The Kier molecular flexibility index (Phi) is 6.21. The van der Waals surface area contributed by atoms with Crippen LogP contribution in [0.2, 0.25) is 0 Å². The van der Waals surface area contributed by atoms with Crippen LogP contribution in [-0.2, 0) is 20.0 Å². The number of rotatable bonds is 6. The second kappa shape index (κ2) is 8.37. The first-order valence-corrected chi connectivity index (χ1v) is 12.4. The van der Waals surface area contributed by atoms with E-state index in [-0.39, 0.29) is 26.9 Å². The van der Waals surface area contributed by atoms with Gasteiger partial charge >= 0.3 is 0 Å². The number of aryl methyl sites for hydroxylation is 1. The number of hydrogen-bond donors (Lipinski definition) is 1. The van der Waals surface area contributed by atoms with Crippen molar-refractivity contribution in [3.8, 4) is 0 Å². The highest BCUT2D eigenvalue weighted by Gasteiger charge is 2.26. The molecule has 0 aromatic heterocycles. The summed E-state index contributed by atoms with van der Waals surface area (Å²) >= 11 is 0. The van der Waals surface area contributed by atoms with Gasteiger partial charge in [-0.25, -0.2) is 21.1 Å². The molecule has 0 radical (unpaired) electrons. The van der Waals surface area contributed by atoms with Crippen LogP contribution in [0.1, 0.15) is 28.8 Å². The first-order chi connectivity index (χ1) is 14.0. The third-order valence-corrected chi connectivity index (χ3v) is 8.19. The van der Waals surface area contributed by atoms with Crippen molar-refractivity contribution in [2.24, 2.45) is 0 Å². The van der Waals surface area contributed by atoms with Crippen molar-refractivity contribution in [2.45, 2.75) is 29.6 Å². The smallest absolute Gasteiger partial charge is 0.261 e. The number of amides is 1. The van der Waals surface area contributed by atoms with Crippen molar-refractivity contribution in [3.63, 3.8) is 0 Å². The SMILES string of the molecule is Cc1cccc(C(=O)N2CCCC2)c1NS(=O)(=O)c1cccc(S(=O)(=O)N(C)C)c1. The molecule has 1 saturated heterocycles. The van der Waals surface area contributed by atoms with Crippen LogP contribution in [0.25, 0.3) is 0 Å². The minimum Gasteiger partial charge on any atom is -0.339 e. The normalized spacial score (nSPS) is 14.9. The summed E-state index contributed by atoms with van der Waals surface area (Å²) in [6.07, 6.45) is 1.84. The van der Waals surface area contributed by atoms with E-state index in [1.807, 2.05) is 0 Å². The Labute approximate surface area is 177 Å². The molecule has 0 bridgehead atoms. The van der Waals surface area contributed by atoms with E-state index in [0.29, 0.717) is 18.7 Å². The minimum atomic E-state index is -4.13. The van der Waals surface area contributed by atoms with Gasteiger partial charge in [0.25, 0.3) is 15.9 Å². The number of para-hydroxylation sites is 1. The Morgan fingerprint density at radius 2 is 1.57 bits per heavy atom. The fraction of sp³-hybridized carbons (Fsp3) is 0.350. The molecule has 1 fully saturated rings. The number of anilines is 1. The Bertz CT molecular complexity index is 1170. The topological polar surface area (TPSA) is 104 Å². The van der Waals surface area contributed by atoms with Crippen molar-refractivity contribution in [3.05, 3.63) is 53.6 Å². The Hall–Kier alpha value is -2.43. The zero-order valence-corrected chi connectivity index (χ0v) is 18.8. The number of hydrogen-bond acceptors (Lipinski definition) is 5. The summed E-state index contributed by atoms with van der Waals surface area (Å²) in [7, 11) is -5.17. The summed E-state index contributed by atoms with van der Waals surface area (Å²) in [5.41, 5.74) is 1.08. The van der Waals surface area contributed by atoms with E-state index < -0.39 is 20.0 Å². The van der Waals surface area contributed by atoms with Gasteiger partial charge in [0.1, 0.15) is 0 Å². The highest BCUT2D eigenvalue weighted by molar-refractivity contribution is 7.93. The number of nitrogens with one attached hydrogen (secondary N) is 1. The molecule has 2 aromatic rings. The van der Waals surface area contributed by atoms with Gasteiger partial charge in [0.15, 0.2) is 0 Å². The summed E-state index contributed by atoms with van der Waals surface area (Å²) in [6.45, 7) is 3.00. The standard InChI is InChI=1S/C20H25N3O5S2/c1-15-8-6-11-18(20(24)23-12-4-5-13-23)19(15)21-29(25,26)16-9-7-10-17(14-16)30(27,28)22(2)3/h6-11,14,21H,4-5,12-13H2,1-3H3. The monoisotopic (exact) mass is 451 g/mol. The summed E-state index contributed by atoms with van der Waals surface area (Å²) in [6, 6.07) is 10.2. The lowest BCUT2D eigenvalue weighted by molar-refractivity contribution is 0.0794. The van der Waals surface area contributed by atoms with Gasteiger partial charge in [-0.05, 0) is 49.6 Å². The predicted molar refractivity (Wildman–Crippen MR) is 114 cm³/mol. The fourth-order valence-corrected chi connectivity index (χ4v) is 5.50. The maximum absolute atomic E-state index is 13.1. The molecular formula is C20H25N3O5S2. The Morgan fingerprint density at radius 3 is 2.20 bits per heavy atom. The van der Waals surface area contributed by atoms with Crippen LogP contribution in [0.3, 0.4) is 0 Å². The lowest BCUT2D eigenvalue weighted by Gasteiger charge is -2.20. The van der Waals surface area contributed by atoms with Crippen LogP contribution in [-0.4, -0.2) is 59.1 Å². The molecule has 3 rings (SSSR count). The first kappa shape index (κ1) is 22.3. The molecule has 1 aliphatic heterocycles. The van der Waals surface area contributed by atoms with E-state index in [2.05, 4.69) is 4.72 Å². The number of benzene rings is 2. The van der Waals surface area contributed by atoms with Gasteiger partial charge < -0.3 is 4.90 Å². The number of nitrogens with zero attached hydrogens (tertiary/aromatic N) is 2. The summed E-state index contributed by atoms with van der Waals surface area (Å²) in [4.78, 5) is 14.3. The Balaban J connectivity index is 2.00. The highest BCUT2D eigenvalue weighted by atomic mass is 32.2. The summed E-state index contributed by atoms with van der Waals surface area (Å²) < 4.78 is 54.4. The van der Waals surface area contributed by atoms with E-state index in [1.165, 1.54) is 32.3 Å². The van der Waals surface area contributed by atoms with Crippen molar-refractivity contribution in [2.75, 3.05) is 31.9 Å². The maximum atomic E-state index is 13.1. The molecule has 2 aromatic carbocycles. The van der Waals surface area contributed by atoms with Crippen molar-refractivity contribution in [1.29, 1.82) is 0 Å². The molecule has 0 aliphatic carbocycles. The van der Waals surface area contributed by atoms with Crippen LogP contribution in [0.5, 0.6) is 0 Å². The maximum Gasteiger partial charge on any atom is 0.261 e. The number of sulfonamides is 2. The largest absolute Gasteiger partial charge is 0.339 e. The molecule has 30 heavy (non-hydrogen) atoms. The van der Waals surface area contributed by atoms with E-state index in [9.17, 15) is 21.6 Å². The summed E-state index contributed by atoms with van der Waals surface area (Å²) in [5.74, 6) is -0.224. The number of carbonyl (C=O) groups excluding carboxylic acids is 1. The fourth-order valence-electron chi connectivity index (χ4n) is 3.28. The second-order valence-electron chi connectivity index (χ2n) is 7.36. The van der Waals surface area contributed by atoms with Crippen molar-refractivity contribution < 1.29 is 21.6 Å². The zero-order valence-electron chi connectivity index (χ0n) is 17.1. The molecule has 1 heterocycles. The molecule has 10 heteroatoms. The molecule has 1 N–H and O–H groups in total. The van der Waals surface area contributed by atoms with Crippen LogP contribution in [0.4, 0.5) is 5.69 Å².